The minimum Gasteiger partial charge on any atom is -0.497 e. The molecule has 0 atom stereocenters. The van der Waals surface area contributed by atoms with Crippen molar-refractivity contribution in [2.45, 2.75) is 6.42 Å². The van der Waals surface area contributed by atoms with Crippen LogP contribution in [0.25, 0.3) is 16.3 Å². The van der Waals surface area contributed by atoms with Crippen LogP contribution in [0, 0.1) is 0 Å². The Labute approximate surface area is 150 Å². The molecule has 0 heterocycles. The van der Waals surface area contributed by atoms with Crippen molar-refractivity contribution in [1.29, 1.82) is 0 Å². The number of methoxy groups -OCH3 is 1. The second-order valence-corrected chi connectivity index (χ2v) is 6.19. The molecule has 4 heteroatoms. The average molecular weight is 344 g/mol. The van der Waals surface area contributed by atoms with E-state index in [4.69, 9.17) is 4.74 Å². The molecule has 0 fully saturated rings. The Morgan fingerprint density at radius 2 is 1.73 bits per heavy atom. The fraction of sp³-hybridized carbons (Fsp3) is 0.0909. The summed E-state index contributed by atoms with van der Waals surface area (Å²) in [7, 11) is 1.59. The molecule has 3 aromatic carbocycles. The summed E-state index contributed by atoms with van der Waals surface area (Å²) in [5.41, 5.74) is 3.21. The molecule has 0 aromatic heterocycles. The summed E-state index contributed by atoms with van der Waals surface area (Å²) in [6.45, 7) is 0. The Balaban J connectivity index is 1.98. The van der Waals surface area contributed by atoms with E-state index in [1.54, 1.807) is 7.11 Å². The van der Waals surface area contributed by atoms with Gasteiger partial charge in [0.1, 0.15) is 5.75 Å². The largest absolute Gasteiger partial charge is 0.497 e. The van der Waals surface area contributed by atoms with Crippen LogP contribution >= 0.6 is 0 Å². The Hall–Kier alpha value is -3.40. The number of carboxylic acid groups (broad SMARTS) is 1. The van der Waals surface area contributed by atoms with Gasteiger partial charge in [0.25, 0.3) is 0 Å². The fourth-order valence-corrected chi connectivity index (χ4v) is 3.56. The summed E-state index contributed by atoms with van der Waals surface area (Å²) in [6, 6.07) is 18.9. The molecule has 4 rings (SSSR count). The maximum atomic E-state index is 13.1. The molecule has 26 heavy (non-hydrogen) atoms. The summed E-state index contributed by atoms with van der Waals surface area (Å²) in [5.74, 6) is -0.515. The lowest BCUT2D eigenvalue weighted by atomic mass is 9.94. The maximum Gasteiger partial charge on any atom is 0.307 e. The fourth-order valence-electron chi connectivity index (χ4n) is 3.56. The molecule has 0 saturated heterocycles. The number of carboxylic acids is 1. The number of ketones is 1. The number of hydrogen-bond donors (Lipinski definition) is 1. The molecule has 0 saturated carbocycles. The Bertz CT molecular complexity index is 1070. The van der Waals surface area contributed by atoms with Crippen LogP contribution in [0.4, 0.5) is 0 Å². The van der Waals surface area contributed by atoms with E-state index in [2.05, 4.69) is 0 Å². The van der Waals surface area contributed by atoms with Crippen molar-refractivity contribution in [3.05, 3.63) is 82.9 Å². The molecule has 4 nitrogen and oxygen atoms in total. The molecule has 0 spiro atoms. The van der Waals surface area contributed by atoms with Crippen LogP contribution in [0.15, 0.2) is 66.2 Å². The minimum absolute atomic E-state index is 0.204. The highest BCUT2D eigenvalue weighted by atomic mass is 16.5. The molecule has 128 valence electrons. The van der Waals surface area contributed by atoms with Crippen LogP contribution in [-0.2, 0) is 4.79 Å². The molecule has 0 amide bonds. The van der Waals surface area contributed by atoms with Gasteiger partial charge in [0, 0.05) is 11.1 Å². The summed E-state index contributed by atoms with van der Waals surface area (Å²) in [4.78, 5) is 24.5. The highest BCUT2D eigenvalue weighted by molar-refractivity contribution is 6.28. The monoisotopic (exact) mass is 344 g/mol. The Kier molecular flexibility index (Phi) is 3.81. The van der Waals surface area contributed by atoms with E-state index in [0.29, 0.717) is 22.5 Å². The summed E-state index contributed by atoms with van der Waals surface area (Å²) in [6.07, 6.45) is -0.302. The lowest BCUT2D eigenvalue weighted by molar-refractivity contribution is -0.136. The molecular formula is C22H16O4. The van der Waals surface area contributed by atoms with Crippen molar-refractivity contribution in [1.82, 2.24) is 0 Å². The van der Waals surface area contributed by atoms with Crippen molar-refractivity contribution in [3.63, 3.8) is 0 Å². The summed E-state index contributed by atoms with van der Waals surface area (Å²) < 4.78 is 5.19. The minimum atomic E-state index is -1.02. The lowest BCUT2D eigenvalue weighted by Crippen LogP contribution is -2.05. The van der Waals surface area contributed by atoms with Crippen LogP contribution in [-0.4, -0.2) is 24.0 Å². The molecular weight excluding hydrogens is 328 g/mol. The van der Waals surface area contributed by atoms with E-state index in [-0.39, 0.29) is 12.2 Å². The first-order valence-electron chi connectivity index (χ1n) is 8.26. The van der Waals surface area contributed by atoms with E-state index in [1.807, 2.05) is 60.7 Å². The number of benzene rings is 3. The first-order chi connectivity index (χ1) is 12.6. The van der Waals surface area contributed by atoms with Gasteiger partial charge in [-0.2, -0.15) is 0 Å². The second kappa shape index (κ2) is 6.15. The highest BCUT2D eigenvalue weighted by Gasteiger charge is 2.32. The predicted molar refractivity (Wildman–Crippen MR) is 99.5 cm³/mol. The number of carbonyl (C=O) groups is 2. The van der Waals surface area contributed by atoms with Crippen molar-refractivity contribution in [2.75, 3.05) is 7.11 Å². The number of carbonyl (C=O) groups excluding carboxylic acids is 1. The van der Waals surface area contributed by atoms with Gasteiger partial charge in [0.2, 0.25) is 0 Å². The van der Waals surface area contributed by atoms with Gasteiger partial charge in [-0.1, -0.05) is 48.5 Å². The smallest absolute Gasteiger partial charge is 0.307 e. The lowest BCUT2D eigenvalue weighted by Gasteiger charge is -2.09. The summed E-state index contributed by atoms with van der Waals surface area (Å²) >= 11 is 0. The maximum absolute atomic E-state index is 13.1. The van der Waals surface area contributed by atoms with Crippen LogP contribution in [0.1, 0.15) is 27.9 Å². The van der Waals surface area contributed by atoms with Gasteiger partial charge in [-0.05, 0) is 39.6 Å². The van der Waals surface area contributed by atoms with E-state index >= 15 is 0 Å². The van der Waals surface area contributed by atoms with Crippen LogP contribution in [0.5, 0.6) is 5.75 Å². The number of hydrogen-bond acceptors (Lipinski definition) is 3. The highest BCUT2D eigenvalue weighted by Crippen LogP contribution is 2.42. The predicted octanol–water partition coefficient (Wildman–Crippen LogP) is 4.32. The normalized spacial score (nSPS) is 13.2. The number of Topliss-reactive ketones (excluding diaryl/α,β-unsaturated/α-hetero) is 1. The first-order valence-corrected chi connectivity index (χ1v) is 8.26. The van der Waals surface area contributed by atoms with Crippen LogP contribution in [0.3, 0.4) is 0 Å². The zero-order valence-electron chi connectivity index (χ0n) is 14.2. The van der Waals surface area contributed by atoms with E-state index in [1.165, 1.54) is 0 Å². The van der Waals surface area contributed by atoms with E-state index in [0.717, 1.165) is 21.9 Å². The molecule has 0 unspecified atom stereocenters. The van der Waals surface area contributed by atoms with Crippen molar-refractivity contribution < 1.29 is 19.4 Å². The summed E-state index contributed by atoms with van der Waals surface area (Å²) in [5, 5.41) is 11.1. The van der Waals surface area contributed by atoms with Gasteiger partial charge < -0.3 is 9.84 Å². The molecule has 0 radical (unpaired) electrons. The molecule has 1 aliphatic carbocycles. The van der Waals surface area contributed by atoms with E-state index in [9.17, 15) is 14.7 Å². The van der Waals surface area contributed by atoms with Crippen LogP contribution < -0.4 is 4.74 Å². The van der Waals surface area contributed by atoms with Gasteiger partial charge in [-0.15, -0.1) is 0 Å². The number of rotatable bonds is 4. The number of ether oxygens (including phenoxy) is 1. The standard InChI is InChI=1S/C22H16O4/c1-26-15-9-6-14(7-10-15)20-17-11-8-13-4-2-3-5-16(13)21(17)22(25)18(20)12-19(23)24/h2-11H,12H2,1H3,(H,23,24). The van der Waals surface area contributed by atoms with Crippen molar-refractivity contribution in [3.8, 4) is 5.75 Å². The number of fused-ring (bicyclic) bond motifs is 3. The van der Waals surface area contributed by atoms with Gasteiger partial charge in [-0.25, -0.2) is 0 Å². The quantitative estimate of drug-likeness (QED) is 0.765. The average Bonchev–Trinajstić information content (AvgIpc) is 2.93. The van der Waals surface area contributed by atoms with Gasteiger partial charge in [0.05, 0.1) is 13.5 Å². The molecule has 1 aliphatic rings. The van der Waals surface area contributed by atoms with Gasteiger partial charge >= 0.3 is 5.97 Å². The van der Waals surface area contributed by atoms with Crippen molar-refractivity contribution >= 4 is 28.1 Å². The van der Waals surface area contributed by atoms with Crippen LogP contribution in [0.2, 0.25) is 0 Å². The first kappa shape index (κ1) is 16.1. The van der Waals surface area contributed by atoms with E-state index < -0.39 is 5.97 Å². The zero-order valence-corrected chi connectivity index (χ0v) is 14.2. The third kappa shape index (κ3) is 2.47. The second-order valence-electron chi connectivity index (χ2n) is 6.19. The third-order valence-electron chi connectivity index (χ3n) is 4.71. The Morgan fingerprint density at radius 1 is 1.00 bits per heavy atom. The van der Waals surface area contributed by atoms with Gasteiger partial charge in [0.15, 0.2) is 5.78 Å². The molecule has 0 bridgehead atoms. The zero-order chi connectivity index (χ0) is 18.3. The molecule has 3 aromatic rings. The SMILES string of the molecule is COc1ccc(C2=C(CC(=O)O)C(=O)c3c2ccc2ccccc32)cc1. The molecule has 1 N–H and O–H groups in total. The van der Waals surface area contributed by atoms with Crippen molar-refractivity contribution in [2.24, 2.45) is 0 Å². The topological polar surface area (TPSA) is 63.6 Å². The third-order valence-corrected chi connectivity index (χ3v) is 4.71. The molecule has 0 aliphatic heterocycles. The Morgan fingerprint density at radius 3 is 2.42 bits per heavy atom. The van der Waals surface area contributed by atoms with Gasteiger partial charge in [-0.3, -0.25) is 9.59 Å². The number of aliphatic carboxylic acids is 1.